The molecule has 0 aliphatic heterocycles. The van der Waals surface area contributed by atoms with Crippen LogP contribution in [0.3, 0.4) is 0 Å². The van der Waals surface area contributed by atoms with Crippen LogP contribution >= 0.6 is 0 Å². The van der Waals surface area contributed by atoms with Crippen molar-refractivity contribution in [2.75, 3.05) is 14.2 Å². The number of hydrogen-bond donors (Lipinski definition) is 2. The number of carboxylic acid groups (broad SMARTS) is 2. The number of hydrogen-bond acceptors (Lipinski definition) is 4. The largest absolute Gasteiger partial charge is 0.480 e. The lowest BCUT2D eigenvalue weighted by molar-refractivity contribution is -0.184. The molecule has 0 spiro atoms. The number of ether oxygens (including phenoxy) is 2. The molecule has 0 amide bonds. The van der Waals surface area contributed by atoms with E-state index in [1.807, 2.05) is 0 Å². The van der Waals surface area contributed by atoms with Gasteiger partial charge in [-0.2, -0.15) is 0 Å². The van der Waals surface area contributed by atoms with Gasteiger partial charge in [0, 0.05) is 14.2 Å². The fraction of sp³-hybridized carbons (Fsp3) is 0.667. The van der Waals surface area contributed by atoms with Crippen LogP contribution < -0.4 is 0 Å². The maximum Gasteiger partial charge on any atom is 0.323 e. The van der Waals surface area contributed by atoms with Gasteiger partial charge in [-0.05, 0) is 0 Å². The highest BCUT2D eigenvalue weighted by Crippen LogP contribution is 2.08. The summed E-state index contributed by atoms with van der Waals surface area (Å²) in [5, 5.41) is 16.9. The quantitative estimate of drug-likeness (QED) is 0.431. The molecule has 0 saturated carbocycles. The van der Waals surface area contributed by atoms with Gasteiger partial charge < -0.3 is 19.7 Å². The highest BCUT2D eigenvalue weighted by molar-refractivity contribution is 5.93. The molecular weight excluding hydrogens is 168 g/mol. The van der Waals surface area contributed by atoms with Crippen LogP contribution in [0.2, 0.25) is 0 Å². The van der Waals surface area contributed by atoms with E-state index in [0.717, 1.165) is 0 Å². The van der Waals surface area contributed by atoms with Gasteiger partial charge in [0.25, 0.3) is 0 Å². The normalized spacial score (nSPS) is 10.7. The zero-order valence-electron chi connectivity index (χ0n) is 6.68. The van der Waals surface area contributed by atoms with Crippen LogP contribution in [0.4, 0.5) is 0 Å². The molecule has 0 aliphatic carbocycles. The van der Waals surface area contributed by atoms with Gasteiger partial charge >= 0.3 is 11.9 Å². The average Bonchev–Trinajstić information content (AvgIpc) is 1.98. The Morgan fingerprint density at radius 1 is 1.08 bits per heavy atom. The third-order valence-electron chi connectivity index (χ3n) is 1.27. The molecule has 0 unspecified atom stereocenters. The van der Waals surface area contributed by atoms with Crippen molar-refractivity contribution in [2.24, 2.45) is 5.92 Å². The van der Waals surface area contributed by atoms with Crippen molar-refractivity contribution in [3.63, 3.8) is 0 Å². The van der Waals surface area contributed by atoms with Crippen molar-refractivity contribution in [3.05, 3.63) is 0 Å². The highest BCUT2D eigenvalue weighted by atomic mass is 16.7. The fourth-order valence-electron chi connectivity index (χ4n) is 0.707. The van der Waals surface area contributed by atoms with E-state index in [1.54, 1.807) is 0 Å². The SMILES string of the molecule is COC(OC)C(C(=O)O)C(=O)O. The van der Waals surface area contributed by atoms with Crippen molar-refractivity contribution in [1.82, 2.24) is 0 Å². The fourth-order valence-corrected chi connectivity index (χ4v) is 0.707. The number of rotatable bonds is 5. The van der Waals surface area contributed by atoms with Crippen LogP contribution in [0.1, 0.15) is 0 Å². The van der Waals surface area contributed by atoms with Crippen LogP contribution in [-0.2, 0) is 19.1 Å². The van der Waals surface area contributed by atoms with E-state index in [2.05, 4.69) is 9.47 Å². The first-order valence-corrected chi connectivity index (χ1v) is 3.05. The van der Waals surface area contributed by atoms with Gasteiger partial charge in [-0.1, -0.05) is 0 Å². The minimum atomic E-state index is -1.69. The van der Waals surface area contributed by atoms with E-state index in [9.17, 15) is 9.59 Å². The zero-order chi connectivity index (χ0) is 9.72. The third kappa shape index (κ3) is 2.48. The van der Waals surface area contributed by atoms with Gasteiger partial charge in [0.2, 0.25) is 5.92 Å². The Balaban J connectivity index is 4.47. The summed E-state index contributed by atoms with van der Waals surface area (Å²) in [6.45, 7) is 0. The lowest BCUT2D eigenvalue weighted by Gasteiger charge is -2.16. The van der Waals surface area contributed by atoms with E-state index in [-0.39, 0.29) is 0 Å². The van der Waals surface area contributed by atoms with Gasteiger partial charge in [-0.25, -0.2) is 0 Å². The molecule has 6 nitrogen and oxygen atoms in total. The van der Waals surface area contributed by atoms with Gasteiger partial charge in [-0.15, -0.1) is 0 Å². The molecule has 0 fully saturated rings. The molecule has 0 aliphatic rings. The first-order valence-electron chi connectivity index (χ1n) is 3.05. The summed E-state index contributed by atoms with van der Waals surface area (Å²) in [6, 6.07) is 0. The monoisotopic (exact) mass is 178 g/mol. The minimum absolute atomic E-state index is 1.17. The second kappa shape index (κ2) is 4.68. The second-order valence-electron chi connectivity index (χ2n) is 1.99. The van der Waals surface area contributed by atoms with E-state index in [1.165, 1.54) is 14.2 Å². The van der Waals surface area contributed by atoms with Crippen LogP contribution in [0, 0.1) is 5.92 Å². The maximum atomic E-state index is 10.4. The molecule has 6 heteroatoms. The van der Waals surface area contributed by atoms with Crippen molar-refractivity contribution >= 4 is 11.9 Å². The number of aliphatic carboxylic acids is 2. The molecule has 0 aromatic heterocycles. The molecule has 12 heavy (non-hydrogen) atoms. The zero-order valence-corrected chi connectivity index (χ0v) is 6.68. The lowest BCUT2D eigenvalue weighted by Crippen LogP contribution is -2.37. The van der Waals surface area contributed by atoms with Gasteiger partial charge in [-0.3, -0.25) is 9.59 Å². The smallest absolute Gasteiger partial charge is 0.323 e. The van der Waals surface area contributed by atoms with E-state index in [4.69, 9.17) is 10.2 Å². The lowest BCUT2D eigenvalue weighted by atomic mass is 10.1. The van der Waals surface area contributed by atoms with E-state index in [0.29, 0.717) is 0 Å². The molecule has 2 N–H and O–H groups in total. The first-order chi connectivity index (χ1) is 5.54. The summed E-state index contributed by atoms with van der Waals surface area (Å²) < 4.78 is 9.00. The summed E-state index contributed by atoms with van der Waals surface area (Å²) in [5.74, 6) is -4.67. The molecule has 0 saturated heterocycles. The minimum Gasteiger partial charge on any atom is -0.480 e. The molecule has 0 aromatic rings. The molecule has 0 aromatic carbocycles. The predicted octanol–water partition coefficient (Wildman–Crippen LogP) is -0.609. The number of carboxylic acids is 2. The van der Waals surface area contributed by atoms with E-state index >= 15 is 0 Å². The number of carbonyl (C=O) groups is 2. The summed E-state index contributed by atoms with van der Waals surface area (Å²) in [6.07, 6.45) is -1.26. The molecule has 0 radical (unpaired) electrons. The Hall–Kier alpha value is -1.14. The Bertz CT molecular complexity index is 159. The van der Waals surface area contributed by atoms with Crippen molar-refractivity contribution < 1.29 is 29.3 Å². The molecule has 0 heterocycles. The van der Waals surface area contributed by atoms with Gasteiger partial charge in [0.1, 0.15) is 0 Å². The highest BCUT2D eigenvalue weighted by Gasteiger charge is 2.35. The molecule has 70 valence electrons. The summed E-state index contributed by atoms with van der Waals surface area (Å²) in [4.78, 5) is 20.7. The Morgan fingerprint density at radius 3 is 1.50 bits per heavy atom. The van der Waals surface area contributed by atoms with E-state index < -0.39 is 24.1 Å². The summed E-state index contributed by atoms with van der Waals surface area (Å²) in [5.41, 5.74) is 0. The summed E-state index contributed by atoms with van der Waals surface area (Å²) >= 11 is 0. The van der Waals surface area contributed by atoms with Crippen molar-refractivity contribution in [1.29, 1.82) is 0 Å². The molecular formula is C6H10O6. The van der Waals surface area contributed by atoms with Crippen LogP contribution in [0.25, 0.3) is 0 Å². The Kier molecular flexibility index (Phi) is 4.24. The van der Waals surface area contributed by atoms with Gasteiger partial charge in [0.05, 0.1) is 0 Å². The Labute approximate surface area is 68.7 Å². The number of methoxy groups -OCH3 is 2. The Morgan fingerprint density at radius 2 is 1.42 bits per heavy atom. The topological polar surface area (TPSA) is 93.1 Å². The van der Waals surface area contributed by atoms with Crippen LogP contribution in [0.15, 0.2) is 0 Å². The molecule has 0 bridgehead atoms. The molecule has 0 rings (SSSR count). The van der Waals surface area contributed by atoms with Crippen LogP contribution in [-0.4, -0.2) is 42.7 Å². The van der Waals surface area contributed by atoms with Gasteiger partial charge in [0.15, 0.2) is 6.29 Å². The second-order valence-corrected chi connectivity index (χ2v) is 1.99. The van der Waals surface area contributed by atoms with Crippen molar-refractivity contribution in [2.45, 2.75) is 6.29 Å². The predicted molar refractivity (Wildman–Crippen MR) is 36.6 cm³/mol. The van der Waals surface area contributed by atoms with Crippen LogP contribution in [0.5, 0.6) is 0 Å². The standard InChI is InChI=1S/C6H10O6/c1-11-6(12-2)3(4(7)8)5(9)10/h3,6H,1-2H3,(H,7,8)(H,9,10). The maximum absolute atomic E-state index is 10.4. The molecule has 0 atom stereocenters. The average molecular weight is 178 g/mol. The first kappa shape index (κ1) is 10.9. The summed E-state index contributed by atoms with van der Waals surface area (Å²) in [7, 11) is 2.35. The third-order valence-corrected chi connectivity index (χ3v) is 1.27. The van der Waals surface area contributed by atoms with Crippen molar-refractivity contribution in [3.8, 4) is 0 Å².